The maximum Gasteiger partial charge on any atom is 0.323 e. The van der Waals surface area contributed by atoms with Crippen molar-refractivity contribution < 1.29 is 9.53 Å². The predicted octanol–water partition coefficient (Wildman–Crippen LogP) is 3.91. The second-order valence-corrected chi connectivity index (χ2v) is 7.12. The Kier molecular flexibility index (Phi) is 6.50. The largest absolute Gasteiger partial charge is 0.464 e. The third-order valence-electron chi connectivity index (χ3n) is 5.32. The Morgan fingerprint density at radius 3 is 2.20 bits per heavy atom. The van der Waals surface area contributed by atoms with Crippen molar-refractivity contribution in [2.75, 3.05) is 13.2 Å². The minimum absolute atomic E-state index is 0.0584. The highest BCUT2D eigenvalue weighted by atomic mass is 16.5. The molecule has 0 aromatic carbocycles. The number of ether oxygens (including phenoxy) is 1. The molecular weight excluding hydrogens is 250 g/mol. The van der Waals surface area contributed by atoms with Gasteiger partial charge < -0.3 is 10.1 Å². The van der Waals surface area contributed by atoms with Gasteiger partial charge in [-0.3, -0.25) is 4.79 Å². The molecule has 20 heavy (non-hydrogen) atoms. The van der Waals surface area contributed by atoms with Crippen molar-refractivity contribution in [2.45, 2.75) is 79.2 Å². The standard InChI is InChI=1S/C17H33NO2/c1-6-16(4,7-2)12-17(5,8-3)13-20-15(19)14-10-9-11-18-14/h14,18H,6-13H2,1-5H3. The van der Waals surface area contributed by atoms with Crippen molar-refractivity contribution in [2.24, 2.45) is 10.8 Å². The van der Waals surface area contributed by atoms with Crippen LogP contribution in [0.2, 0.25) is 0 Å². The summed E-state index contributed by atoms with van der Waals surface area (Å²) in [4.78, 5) is 12.0. The van der Waals surface area contributed by atoms with E-state index in [2.05, 4.69) is 39.9 Å². The van der Waals surface area contributed by atoms with Crippen molar-refractivity contribution in [3.05, 3.63) is 0 Å². The molecule has 3 nitrogen and oxygen atoms in total. The summed E-state index contributed by atoms with van der Waals surface area (Å²) in [6, 6.07) is -0.0696. The molecule has 1 fully saturated rings. The second-order valence-electron chi connectivity index (χ2n) is 7.12. The van der Waals surface area contributed by atoms with Gasteiger partial charge in [-0.15, -0.1) is 0 Å². The average molecular weight is 283 g/mol. The molecular formula is C17H33NO2. The van der Waals surface area contributed by atoms with Gasteiger partial charge in [0.2, 0.25) is 0 Å². The number of hydrogen-bond acceptors (Lipinski definition) is 3. The fourth-order valence-corrected chi connectivity index (χ4v) is 3.04. The molecule has 0 spiro atoms. The molecule has 0 saturated carbocycles. The first-order valence-corrected chi connectivity index (χ1v) is 8.28. The lowest BCUT2D eigenvalue weighted by Gasteiger charge is -2.38. The topological polar surface area (TPSA) is 38.3 Å². The van der Waals surface area contributed by atoms with Gasteiger partial charge in [0.15, 0.2) is 0 Å². The average Bonchev–Trinajstić information content (AvgIpc) is 2.99. The van der Waals surface area contributed by atoms with Crippen LogP contribution < -0.4 is 5.32 Å². The van der Waals surface area contributed by atoms with E-state index >= 15 is 0 Å². The molecule has 1 heterocycles. The van der Waals surface area contributed by atoms with Crippen LogP contribution in [0, 0.1) is 10.8 Å². The van der Waals surface area contributed by atoms with Crippen molar-refractivity contribution in [1.82, 2.24) is 5.32 Å². The summed E-state index contributed by atoms with van der Waals surface area (Å²) in [5.41, 5.74) is 0.442. The van der Waals surface area contributed by atoms with Gasteiger partial charge in [-0.05, 0) is 37.6 Å². The summed E-state index contributed by atoms with van der Waals surface area (Å²) in [6.07, 6.45) is 6.52. The molecule has 1 rings (SSSR count). The zero-order chi connectivity index (χ0) is 15.2. The van der Waals surface area contributed by atoms with Crippen LogP contribution in [0.4, 0.5) is 0 Å². The molecule has 0 aliphatic carbocycles. The molecule has 3 heteroatoms. The maximum absolute atomic E-state index is 12.0. The van der Waals surface area contributed by atoms with Gasteiger partial charge >= 0.3 is 5.97 Å². The molecule has 0 aromatic heterocycles. The first-order valence-electron chi connectivity index (χ1n) is 8.28. The Labute approximate surface area is 124 Å². The lowest BCUT2D eigenvalue weighted by molar-refractivity contribution is -0.150. The van der Waals surface area contributed by atoms with Crippen LogP contribution >= 0.6 is 0 Å². The smallest absolute Gasteiger partial charge is 0.323 e. The van der Waals surface area contributed by atoms with Crippen molar-refractivity contribution in [3.63, 3.8) is 0 Å². The van der Waals surface area contributed by atoms with E-state index in [1.165, 1.54) is 12.8 Å². The minimum atomic E-state index is -0.0696. The van der Waals surface area contributed by atoms with Crippen molar-refractivity contribution in [1.29, 1.82) is 0 Å². The molecule has 1 N–H and O–H groups in total. The van der Waals surface area contributed by atoms with Crippen LogP contribution in [-0.4, -0.2) is 25.2 Å². The Balaban J connectivity index is 2.53. The highest BCUT2D eigenvalue weighted by molar-refractivity contribution is 5.76. The Morgan fingerprint density at radius 1 is 1.15 bits per heavy atom. The SMILES string of the molecule is CCC(C)(CC)CC(C)(CC)COC(=O)C1CCCN1. The van der Waals surface area contributed by atoms with Crippen LogP contribution in [0.5, 0.6) is 0 Å². The van der Waals surface area contributed by atoms with E-state index in [4.69, 9.17) is 4.74 Å². The zero-order valence-corrected chi connectivity index (χ0v) is 14.1. The third-order valence-corrected chi connectivity index (χ3v) is 5.32. The fourth-order valence-electron chi connectivity index (χ4n) is 3.04. The molecule has 0 amide bonds. The van der Waals surface area contributed by atoms with Crippen LogP contribution in [0.1, 0.15) is 73.1 Å². The summed E-state index contributed by atoms with van der Waals surface area (Å²) >= 11 is 0. The summed E-state index contributed by atoms with van der Waals surface area (Å²) in [6.45, 7) is 12.8. The molecule has 0 bridgehead atoms. The van der Waals surface area contributed by atoms with Gasteiger partial charge in [-0.2, -0.15) is 0 Å². The van der Waals surface area contributed by atoms with E-state index in [1.54, 1.807) is 0 Å². The first kappa shape index (κ1) is 17.5. The molecule has 0 aromatic rings. The van der Waals surface area contributed by atoms with E-state index < -0.39 is 0 Å². The summed E-state index contributed by atoms with van der Waals surface area (Å²) in [5, 5.41) is 3.21. The lowest BCUT2D eigenvalue weighted by atomic mass is 9.69. The van der Waals surface area contributed by atoms with Gasteiger partial charge in [0.25, 0.3) is 0 Å². The summed E-state index contributed by atoms with van der Waals surface area (Å²) in [5.74, 6) is -0.0584. The monoisotopic (exact) mass is 283 g/mol. The zero-order valence-electron chi connectivity index (χ0n) is 14.1. The summed E-state index contributed by atoms with van der Waals surface area (Å²) in [7, 11) is 0. The Bertz CT molecular complexity index is 306. The van der Waals surface area contributed by atoms with Crippen LogP contribution in [0.15, 0.2) is 0 Å². The highest BCUT2D eigenvalue weighted by Gasteiger charge is 2.34. The predicted molar refractivity (Wildman–Crippen MR) is 83.7 cm³/mol. The molecule has 1 aliphatic rings. The molecule has 2 unspecified atom stereocenters. The number of esters is 1. The third kappa shape index (κ3) is 4.76. The molecule has 2 atom stereocenters. The maximum atomic E-state index is 12.0. The molecule has 0 radical (unpaired) electrons. The minimum Gasteiger partial charge on any atom is -0.464 e. The normalized spacial score (nSPS) is 22.6. The van der Waals surface area contributed by atoms with Gasteiger partial charge in [0.1, 0.15) is 6.04 Å². The highest BCUT2D eigenvalue weighted by Crippen LogP contribution is 2.41. The number of nitrogens with one attached hydrogen (secondary N) is 1. The number of hydrogen-bond donors (Lipinski definition) is 1. The van der Waals surface area contributed by atoms with Gasteiger partial charge in [0, 0.05) is 5.41 Å². The number of carbonyl (C=O) groups is 1. The second kappa shape index (κ2) is 7.44. The van der Waals surface area contributed by atoms with Crippen molar-refractivity contribution >= 4 is 5.97 Å². The molecule has 1 aliphatic heterocycles. The fraction of sp³-hybridized carbons (Fsp3) is 0.941. The van der Waals surface area contributed by atoms with Crippen LogP contribution in [0.25, 0.3) is 0 Å². The van der Waals surface area contributed by atoms with Gasteiger partial charge in [-0.25, -0.2) is 0 Å². The Hall–Kier alpha value is -0.570. The van der Waals surface area contributed by atoms with E-state index in [-0.39, 0.29) is 17.4 Å². The molecule has 1 saturated heterocycles. The quantitative estimate of drug-likeness (QED) is 0.686. The number of carbonyl (C=O) groups excluding carboxylic acids is 1. The number of rotatable bonds is 8. The van der Waals surface area contributed by atoms with Crippen LogP contribution in [-0.2, 0) is 9.53 Å². The van der Waals surface area contributed by atoms with Crippen molar-refractivity contribution in [3.8, 4) is 0 Å². The van der Waals surface area contributed by atoms with E-state index in [9.17, 15) is 4.79 Å². The van der Waals surface area contributed by atoms with E-state index in [1.807, 2.05) is 0 Å². The van der Waals surface area contributed by atoms with Gasteiger partial charge in [0.05, 0.1) is 6.61 Å². The van der Waals surface area contributed by atoms with E-state index in [0.29, 0.717) is 12.0 Å². The lowest BCUT2D eigenvalue weighted by Crippen LogP contribution is -2.37. The van der Waals surface area contributed by atoms with Gasteiger partial charge in [-0.1, -0.05) is 47.5 Å². The van der Waals surface area contributed by atoms with E-state index in [0.717, 1.165) is 32.2 Å². The summed E-state index contributed by atoms with van der Waals surface area (Å²) < 4.78 is 5.62. The molecule has 118 valence electrons. The first-order chi connectivity index (χ1) is 9.38. The Morgan fingerprint density at radius 2 is 1.75 bits per heavy atom. The van der Waals surface area contributed by atoms with Crippen LogP contribution in [0.3, 0.4) is 0 Å².